The Balaban J connectivity index is 1.42. The topological polar surface area (TPSA) is 67.5 Å². The van der Waals surface area contributed by atoms with Crippen LogP contribution in [0.15, 0.2) is 42.6 Å². The quantitative estimate of drug-likeness (QED) is 0.658. The van der Waals surface area contributed by atoms with Crippen LogP contribution in [0.5, 0.6) is 0 Å². The molecule has 5 rings (SSSR count). The Morgan fingerprint density at radius 1 is 1.12 bits per heavy atom. The summed E-state index contributed by atoms with van der Waals surface area (Å²) in [5.74, 6) is 0.473. The van der Waals surface area contributed by atoms with E-state index in [1.807, 2.05) is 12.3 Å². The normalized spacial score (nSPS) is 21.2. The molecule has 2 aliphatic heterocycles. The molecule has 6 nitrogen and oxygen atoms in total. The first kappa shape index (κ1) is 22.1. The predicted octanol–water partition coefficient (Wildman–Crippen LogP) is 3.95. The first-order valence-electron chi connectivity index (χ1n) is 12.0. The van der Waals surface area contributed by atoms with Crippen LogP contribution < -0.4 is 0 Å². The van der Waals surface area contributed by atoms with Crippen molar-refractivity contribution >= 4 is 16.8 Å². The zero-order valence-electron chi connectivity index (χ0n) is 19.6. The summed E-state index contributed by atoms with van der Waals surface area (Å²) in [5, 5.41) is 8.41. The molecule has 2 aliphatic rings. The van der Waals surface area contributed by atoms with Gasteiger partial charge in [0.2, 0.25) is 5.91 Å². The highest BCUT2D eigenvalue weighted by Gasteiger charge is 2.44. The molecule has 1 aromatic heterocycles. The Kier molecular flexibility index (Phi) is 6.21. The number of rotatable bonds is 4. The van der Waals surface area contributed by atoms with Gasteiger partial charge in [0.25, 0.3) is 0 Å². The first-order chi connectivity index (χ1) is 16.0. The predicted molar refractivity (Wildman–Crippen MR) is 128 cm³/mol. The molecule has 0 bridgehead atoms. The summed E-state index contributed by atoms with van der Waals surface area (Å²) in [6, 6.07) is 12.8. The number of hydrogen-bond donors (Lipinski definition) is 1. The number of benzene rings is 2. The number of ether oxygens (including phenoxy) is 2. The van der Waals surface area contributed by atoms with Crippen LogP contribution in [0.1, 0.15) is 35.1 Å². The van der Waals surface area contributed by atoms with Crippen LogP contribution in [0.2, 0.25) is 0 Å². The van der Waals surface area contributed by atoms with E-state index in [0.29, 0.717) is 39.5 Å². The van der Waals surface area contributed by atoms with Gasteiger partial charge in [-0.2, -0.15) is 5.10 Å². The molecule has 2 aromatic carbocycles. The fourth-order valence-corrected chi connectivity index (χ4v) is 5.61. The van der Waals surface area contributed by atoms with Crippen molar-refractivity contribution in [3.05, 3.63) is 64.8 Å². The summed E-state index contributed by atoms with van der Waals surface area (Å²) in [4.78, 5) is 16.3. The summed E-state index contributed by atoms with van der Waals surface area (Å²) in [6.07, 6.45) is 4.21. The zero-order chi connectivity index (χ0) is 22.8. The maximum absolute atomic E-state index is 14.2. The van der Waals surface area contributed by atoms with E-state index in [4.69, 9.17) is 9.47 Å². The van der Waals surface area contributed by atoms with Gasteiger partial charge in [-0.25, -0.2) is 0 Å². The number of fused-ring (bicyclic) bond motifs is 1. The zero-order valence-corrected chi connectivity index (χ0v) is 19.6. The minimum Gasteiger partial charge on any atom is -0.381 e. The summed E-state index contributed by atoms with van der Waals surface area (Å²) < 4.78 is 11.7. The number of aryl methyl sites for hydroxylation is 2. The van der Waals surface area contributed by atoms with Crippen molar-refractivity contribution in [3.63, 3.8) is 0 Å². The molecule has 3 heterocycles. The maximum Gasteiger partial charge on any atom is 0.233 e. The lowest BCUT2D eigenvalue weighted by Gasteiger charge is -2.40. The summed E-state index contributed by atoms with van der Waals surface area (Å²) in [6.45, 7) is 8.05. The van der Waals surface area contributed by atoms with Crippen LogP contribution in [0, 0.1) is 19.8 Å². The highest BCUT2D eigenvalue weighted by Crippen LogP contribution is 2.38. The fraction of sp³-hybridized carbons (Fsp3) is 0.481. The highest BCUT2D eigenvalue weighted by molar-refractivity contribution is 5.89. The fourth-order valence-electron chi connectivity index (χ4n) is 5.61. The minimum atomic E-state index is -0.519. The van der Waals surface area contributed by atoms with E-state index in [1.54, 1.807) is 0 Å². The molecular formula is C27H33N3O3. The first-order valence-corrected chi connectivity index (χ1v) is 12.0. The third-order valence-electron chi connectivity index (χ3n) is 7.24. The number of carbonyl (C=O) groups is 1. The molecule has 1 amide bonds. The van der Waals surface area contributed by atoms with Crippen molar-refractivity contribution in [3.8, 4) is 0 Å². The van der Waals surface area contributed by atoms with Gasteiger partial charge in [0, 0.05) is 37.6 Å². The van der Waals surface area contributed by atoms with Crippen LogP contribution >= 0.6 is 0 Å². The largest absolute Gasteiger partial charge is 0.381 e. The van der Waals surface area contributed by atoms with Crippen LogP contribution in [0.25, 0.3) is 10.9 Å². The van der Waals surface area contributed by atoms with Gasteiger partial charge in [0.05, 0.1) is 30.3 Å². The van der Waals surface area contributed by atoms with Crippen LogP contribution in [-0.2, 0) is 26.1 Å². The molecule has 6 heteroatoms. The third kappa shape index (κ3) is 4.42. The lowest BCUT2D eigenvalue weighted by molar-refractivity contribution is -0.141. The molecule has 0 saturated carbocycles. The van der Waals surface area contributed by atoms with Crippen molar-refractivity contribution in [2.24, 2.45) is 5.92 Å². The van der Waals surface area contributed by atoms with Crippen LogP contribution in [0.4, 0.5) is 0 Å². The van der Waals surface area contributed by atoms with Crippen molar-refractivity contribution in [2.45, 2.75) is 38.5 Å². The molecule has 2 fully saturated rings. The number of carbonyl (C=O) groups excluding carboxylic acids is 1. The van der Waals surface area contributed by atoms with Gasteiger partial charge in [0.1, 0.15) is 0 Å². The van der Waals surface area contributed by atoms with E-state index in [9.17, 15) is 4.79 Å². The Hall–Kier alpha value is -2.70. The molecule has 0 spiro atoms. The van der Waals surface area contributed by atoms with Gasteiger partial charge in [-0.1, -0.05) is 41.5 Å². The SMILES string of the molecule is Cc1cc(C)cc(C2(C(=O)N3CCOC[C@@H](Cc4cccc5[nH]ncc45)C3)CCOCC2)c1. The number of H-pyrrole nitrogens is 1. The van der Waals surface area contributed by atoms with Gasteiger partial charge in [0.15, 0.2) is 0 Å². The molecule has 1 N–H and O–H groups in total. The highest BCUT2D eigenvalue weighted by atomic mass is 16.5. The maximum atomic E-state index is 14.2. The number of aromatic nitrogens is 2. The second kappa shape index (κ2) is 9.27. The second-order valence-electron chi connectivity index (χ2n) is 9.72. The van der Waals surface area contributed by atoms with Crippen molar-refractivity contribution < 1.29 is 14.3 Å². The van der Waals surface area contributed by atoms with Gasteiger partial charge in [-0.3, -0.25) is 9.89 Å². The van der Waals surface area contributed by atoms with E-state index >= 15 is 0 Å². The Bertz CT molecular complexity index is 1110. The number of hydrogen-bond acceptors (Lipinski definition) is 4. The molecule has 2 saturated heterocycles. The summed E-state index contributed by atoms with van der Waals surface area (Å²) >= 11 is 0. The average Bonchev–Trinajstić information content (AvgIpc) is 3.18. The number of aromatic amines is 1. The molecule has 0 radical (unpaired) electrons. The average molecular weight is 448 g/mol. The van der Waals surface area contributed by atoms with E-state index < -0.39 is 5.41 Å². The monoisotopic (exact) mass is 447 g/mol. The molecular weight excluding hydrogens is 414 g/mol. The Morgan fingerprint density at radius 2 is 1.91 bits per heavy atom. The number of amides is 1. The van der Waals surface area contributed by atoms with E-state index in [1.165, 1.54) is 16.7 Å². The van der Waals surface area contributed by atoms with E-state index in [-0.39, 0.29) is 11.8 Å². The second-order valence-corrected chi connectivity index (χ2v) is 9.72. The van der Waals surface area contributed by atoms with Gasteiger partial charge < -0.3 is 14.4 Å². The molecule has 0 unspecified atom stereocenters. The lowest BCUT2D eigenvalue weighted by Crippen LogP contribution is -2.51. The molecule has 174 valence electrons. The van der Waals surface area contributed by atoms with Crippen LogP contribution in [0.3, 0.4) is 0 Å². The Morgan fingerprint density at radius 3 is 2.70 bits per heavy atom. The number of nitrogens with one attached hydrogen (secondary N) is 1. The Labute approximate surface area is 195 Å². The smallest absolute Gasteiger partial charge is 0.233 e. The third-order valence-corrected chi connectivity index (χ3v) is 7.24. The van der Waals surface area contributed by atoms with Crippen molar-refractivity contribution in [1.29, 1.82) is 0 Å². The van der Waals surface area contributed by atoms with Gasteiger partial charge >= 0.3 is 0 Å². The molecule has 33 heavy (non-hydrogen) atoms. The number of nitrogens with zero attached hydrogens (tertiary/aromatic N) is 2. The molecule has 3 aromatic rings. The standard InChI is InChI=1S/C27H33N3O3/c1-19-12-20(2)14-23(13-19)27(6-9-32-10-7-27)26(31)30-8-11-33-18-21(17-30)15-22-4-3-5-25-24(22)16-28-29-25/h3-5,12-14,16,21H,6-11,15,17-18H2,1-2H3,(H,28,29)/t21-/m0/s1. The summed E-state index contributed by atoms with van der Waals surface area (Å²) in [7, 11) is 0. The minimum absolute atomic E-state index is 0.229. The lowest BCUT2D eigenvalue weighted by atomic mass is 9.72. The molecule has 0 aliphatic carbocycles. The van der Waals surface area contributed by atoms with E-state index in [2.05, 4.69) is 59.3 Å². The van der Waals surface area contributed by atoms with Crippen LogP contribution in [-0.4, -0.2) is 60.5 Å². The van der Waals surface area contributed by atoms with Gasteiger partial charge in [-0.15, -0.1) is 0 Å². The van der Waals surface area contributed by atoms with Gasteiger partial charge in [-0.05, 0) is 50.3 Å². The summed E-state index contributed by atoms with van der Waals surface area (Å²) in [5.41, 5.74) is 5.32. The van der Waals surface area contributed by atoms with Crippen molar-refractivity contribution in [1.82, 2.24) is 15.1 Å². The van der Waals surface area contributed by atoms with Crippen molar-refractivity contribution in [2.75, 3.05) is 39.5 Å². The van der Waals surface area contributed by atoms with E-state index in [0.717, 1.165) is 35.7 Å². The molecule has 1 atom stereocenters.